The molecule has 1 aliphatic heterocycles. The van der Waals surface area contributed by atoms with Gasteiger partial charge in [-0.2, -0.15) is 0 Å². The summed E-state index contributed by atoms with van der Waals surface area (Å²) >= 11 is 0. The molecule has 0 aliphatic carbocycles. The molecule has 1 N–H and O–H groups in total. The molecule has 2 aromatic carbocycles. The van der Waals surface area contributed by atoms with Crippen LogP contribution in [0.4, 0.5) is 5.69 Å². The summed E-state index contributed by atoms with van der Waals surface area (Å²) in [6.07, 6.45) is 4.06. The first-order valence-electron chi connectivity index (χ1n) is 9.22. The molecule has 0 saturated heterocycles. The summed E-state index contributed by atoms with van der Waals surface area (Å²) in [6.45, 7) is 0.893. The third-order valence-electron chi connectivity index (χ3n) is 5.06. The molecular formula is C21H18N4O3. The highest BCUT2D eigenvalue weighted by Gasteiger charge is 2.17. The summed E-state index contributed by atoms with van der Waals surface area (Å²) in [6, 6.07) is 14.7. The van der Waals surface area contributed by atoms with E-state index in [1.807, 2.05) is 30.5 Å². The van der Waals surface area contributed by atoms with Gasteiger partial charge in [0.15, 0.2) is 5.58 Å². The van der Waals surface area contributed by atoms with Gasteiger partial charge in [-0.15, -0.1) is 0 Å². The van der Waals surface area contributed by atoms with Crippen LogP contribution in [-0.4, -0.2) is 20.0 Å². The Labute approximate surface area is 160 Å². The predicted octanol–water partition coefficient (Wildman–Crippen LogP) is 3.04. The number of nitrogens with one attached hydrogen (secondary N) is 1. The number of imidazole rings is 1. The molecule has 28 heavy (non-hydrogen) atoms. The van der Waals surface area contributed by atoms with Crippen molar-refractivity contribution in [1.29, 1.82) is 0 Å². The monoisotopic (exact) mass is 374 g/mol. The zero-order valence-electron chi connectivity index (χ0n) is 15.1. The molecule has 5 rings (SSSR count). The molecule has 1 aliphatic rings. The van der Waals surface area contributed by atoms with E-state index >= 15 is 0 Å². The summed E-state index contributed by atoms with van der Waals surface area (Å²) in [5.41, 5.74) is 3.92. The lowest BCUT2D eigenvalue weighted by Gasteiger charge is -2.08. The quantitative estimate of drug-likeness (QED) is 0.595. The smallest absolute Gasteiger partial charge is 0.408 e. The number of carbonyl (C=O) groups is 1. The van der Waals surface area contributed by atoms with Gasteiger partial charge in [-0.05, 0) is 36.2 Å². The highest BCUT2D eigenvalue weighted by atomic mass is 16.4. The number of benzene rings is 2. The molecule has 0 atom stereocenters. The molecule has 0 spiro atoms. The molecule has 4 aromatic rings. The van der Waals surface area contributed by atoms with Gasteiger partial charge in [-0.25, -0.2) is 9.78 Å². The Morgan fingerprint density at radius 1 is 1.14 bits per heavy atom. The second-order valence-electron chi connectivity index (χ2n) is 6.86. The van der Waals surface area contributed by atoms with Crippen molar-refractivity contribution in [2.45, 2.75) is 25.9 Å². The number of amides is 1. The van der Waals surface area contributed by atoms with Crippen molar-refractivity contribution in [1.82, 2.24) is 14.1 Å². The number of rotatable bonds is 4. The number of anilines is 1. The summed E-state index contributed by atoms with van der Waals surface area (Å²) < 4.78 is 8.73. The molecule has 2 aromatic heterocycles. The lowest BCUT2D eigenvalue weighted by atomic mass is 10.1. The van der Waals surface area contributed by atoms with E-state index in [1.54, 1.807) is 24.3 Å². The number of para-hydroxylation sites is 2. The normalized spacial score (nSPS) is 13.0. The van der Waals surface area contributed by atoms with Crippen molar-refractivity contribution in [3.05, 3.63) is 71.1 Å². The van der Waals surface area contributed by atoms with E-state index in [9.17, 15) is 9.59 Å². The maximum atomic E-state index is 12.4. The van der Waals surface area contributed by atoms with Gasteiger partial charge in [0.1, 0.15) is 12.4 Å². The first kappa shape index (κ1) is 16.6. The molecule has 0 fully saturated rings. The van der Waals surface area contributed by atoms with Crippen LogP contribution >= 0.6 is 0 Å². The number of nitrogens with zero attached hydrogens (tertiary/aromatic N) is 3. The van der Waals surface area contributed by atoms with Crippen LogP contribution in [0.3, 0.4) is 0 Å². The van der Waals surface area contributed by atoms with Gasteiger partial charge >= 0.3 is 5.76 Å². The molecule has 0 unspecified atom stereocenters. The maximum absolute atomic E-state index is 12.4. The van der Waals surface area contributed by atoms with Gasteiger partial charge in [-0.3, -0.25) is 9.36 Å². The standard InChI is InChI=1S/C21H18N4O3/c26-20(13-25-16-4-1-2-5-18(16)28-21(25)27)23-15-9-7-14(8-10-15)17-12-22-19-6-3-11-24(17)19/h1-2,4-5,7-10,12H,3,6,11,13H2,(H,23,26). The molecule has 0 saturated carbocycles. The molecule has 3 heterocycles. The van der Waals surface area contributed by atoms with Crippen molar-refractivity contribution in [3.63, 3.8) is 0 Å². The third-order valence-corrected chi connectivity index (χ3v) is 5.06. The van der Waals surface area contributed by atoms with Crippen LogP contribution in [0.5, 0.6) is 0 Å². The average molecular weight is 374 g/mol. The second kappa shape index (κ2) is 6.53. The summed E-state index contributed by atoms with van der Waals surface area (Å²) in [5, 5.41) is 2.83. The highest BCUT2D eigenvalue weighted by molar-refractivity contribution is 5.91. The van der Waals surface area contributed by atoms with Crippen LogP contribution < -0.4 is 11.1 Å². The first-order valence-corrected chi connectivity index (χ1v) is 9.22. The van der Waals surface area contributed by atoms with Crippen LogP contribution in [0, 0.1) is 0 Å². The fraction of sp³-hybridized carbons (Fsp3) is 0.190. The van der Waals surface area contributed by atoms with E-state index in [1.165, 1.54) is 4.57 Å². The van der Waals surface area contributed by atoms with Gasteiger partial charge in [0.25, 0.3) is 0 Å². The first-order chi connectivity index (χ1) is 13.7. The fourth-order valence-electron chi connectivity index (χ4n) is 3.72. The predicted molar refractivity (Wildman–Crippen MR) is 105 cm³/mol. The Balaban J connectivity index is 1.32. The zero-order chi connectivity index (χ0) is 19.1. The molecule has 0 bridgehead atoms. The van der Waals surface area contributed by atoms with Crippen molar-refractivity contribution in [3.8, 4) is 11.3 Å². The molecule has 7 nitrogen and oxygen atoms in total. The molecular weight excluding hydrogens is 356 g/mol. The average Bonchev–Trinajstić information content (AvgIpc) is 3.38. The SMILES string of the molecule is O=C(Cn1c(=O)oc2ccccc21)Nc1ccc(-c2cnc3n2CCC3)cc1. The third kappa shape index (κ3) is 2.81. The maximum Gasteiger partial charge on any atom is 0.420 e. The van der Waals surface area contributed by atoms with E-state index in [0.29, 0.717) is 16.8 Å². The van der Waals surface area contributed by atoms with E-state index < -0.39 is 5.76 Å². The van der Waals surface area contributed by atoms with E-state index in [4.69, 9.17) is 4.42 Å². The van der Waals surface area contributed by atoms with Gasteiger partial charge in [-0.1, -0.05) is 24.3 Å². The minimum absolute atomic E-state index is 0.103. The van der Waals surface area contributed by atoms with Crippen molar-refractivity contribution < 1.29 is 9.21 Å². The Kier molecular flexibility index (Phi) is 3.86. The highest BCUT2D eigenvalue weighted by Crippen LogP contribution is 2.26. The lowest BCUT2D eigenvalue weighted by molar-refractivity contribution is -0.116. The number of carbonyl (C=O) groups excluding carboxylic acids is 1. The van der Waals surface area contributed by atoms with Gasteiger partial charge in [0, 0.05) is 18.7 Å². The van der Waals surface area contributed by atoms with Crippen molar-refractivity contribution >= 4 is 22.7 Å². The number of oxazole rings is 1. The Morgan fingerprint density at radius 2 is 1.96 bits per heavy atom. The summed E-state index contributed by atoms with van der Waals surface area (Å²) in [5.74, 6) is 0.304. The number of hydrogen-bond acceptors (Lipinski definition) is 4. The van der Waals surface area contributed by atoms with Gasteiger partial charge in [0.05, 0.1) is 17.4 Å². The molecule has 140 valence electrons. The topological polar surface area (TPSA) is 82.1 Å². The number of fused-ring (bicyclic) bond motifs is 2. The minimum Gasteiger partial charge on any atom is -0.408 e. The van der Waals surface area contributed by atoms with Gasteiger partial charge in [0.2, 0.25) is 5.91 Å². The number of aromatic nitrogens is 3. The van der Waals surface area contributed by atoms with E-state index in [-0.39, 0.29) is 12.5 Å². The van der Waals surface area contributed by atoms with Crippen molar-refractivity contribution in [2.24, 2.45) is 0 Å². The minimum atomic E-state index is -0.540. The molecule has 1 amide bonds. The summed E-state index contributed by atoms with van der Waals surface area (Å²) in [4.78, 5) is 28.9. The van der Waals surface area contributed by atoms with Crippen LogP contribution in [0.25, 0.3) is 22.4 Å². The molecule has 0 radical (unpaired) electrons. The van der Waals surface area contributed by atoms with Crippen LogP contribution in [0.15, 0.2) is 63.9 Å². The molecule has 7 heteroatoms. The van der Waals surface area contributed by atoms with E-state index in [2.05, 4.69) is 14.9 Å². The Bertz CT molecular complexity index is 1230. The zero-order valence-corrected chi connectivity index (χ0v) is 15.1. The fourth-order valence-corrected chi connectivity index (χ4v) is 3.72. The number of hydrogen-bond donors (Lipinski definition) is 1. The summed E-state index contributed by atoms with van der Waals surface area (Å²) in [7, 11) is 0. The Hall–Kier alpha value is -3.61. The lowest BCUT2D eigenvalue weighted by Crippen LogP contribution is -2.24. The van der Waals surface area contributed by atoms with Crippen LogP contribution in [0.1, 0.15) is 12.2 Å². The van der Waals surface area contributed by atoms with Gasteiger partial charge < -0.3 is 14.3 Å². The Morgan fingerprint density at radius 3 is 2.82 bits per heavy atom. The second-order valence-corrected chi connectivity index (χ2v) is 6.86. The number of aryl methyl sites for hydroxylation is 1. The van der Waals surface area contributed by atoms with Crippen molar-refractivity contribution in [2.75, 3.05) is 5.32 Å². The largest absolute Gasteiger partial charge is 0.420 e. The van der Waals surface area contributed by atoms with E-state index in [0.717, 1.165) is 36.5 Å². The van der Waals surface area contributed by atoms with Crippen LogP contribution in [-0.2, 0) is 24.3 Å². The van der Waals surface area contributed by atoms with Crippen LogP contribution in [0.2, 0.25) is 0 Å².